The number of carbonyl (C=O) groups is 6. The van der Waals surface area contributed by atoms with Crippen molar-refractivity contribution in [1.29, 1.82) is 0 Å². The van der Waals surface area contributed by atoms with Crippen LogP contribution in [0.1, 0.15) is 65.2 Å². The number of ether oxygens (including phenoxy) is 4. The summed E-state index contributed by atoms with van der Waals surface area (Å²) in [4.78, 5) is 81.5. The summed E-state index contributed by atoms with van der Waals surface area (Å²) in [5.41, 5.74) is -0.689. The molecule has 2 saturated heterocycles. The van der Waals surface area contributed by atoms with Crippen molar-refractivity contribution in [3.8, 4) is 0 Å². The maximum atomic E-state index is 12.8. The molecule has 0 unspecified atom stereocenters. The van der Waals surface area contributed by atoms with Crippen molar-refractivity contribution in [1.82, 2.24) is 9.80 Å². The normalized spacial score (nSPS) is 16.4. The van der Waals surface area contributed by atoms with Gasteiger partial charge < -0.3 is 28.7 Å². The standard InChI is InChI=1S/2C20H28N2O5/c2*1-4-17(23)22(16-8-6-5-7-9-16)20(19(25)27-3)11-14-21(15-12-20)13-10-18(24)26-2/h2*5-9H,4,10-15H2,1-3H3. The number of rotatable bonds is 14. The SMILES string of the molecule is CCC(=O)N(c1ccccc1)C1(C(=O)OC)CCN(CCC(=O)OC)CC1.CCC(=O)N(c1ccccc1)C1(C(=O)OC)CCN(CCC(=O)OC)CC1. The quantitative estimate of drug-likeness (QED) is 0.203. The highest BCUT2D eigenvalue weighted by Crippen LogP contribution is 2.37. The molecule has 0 spiro atoms. The minimum Gasteiger partial charge on any atom is -0.469 e. The number of hydrogen-bond acceptors (Lipinski definition) is 12. The summed E-state index contributed by atoms with van der Waals surface area (Å²) in [6.45, 7) is 7.06. The number of piperidine rings is 2. The number of esters is 4. The first-order valence-electron chi connectivity index (χ1n) is 18.5. The third-order valence-electron chi connectivity index (χ3n) is 10.2. The fourth-order valence-electron chi connectivity index (χ4n) is 7.14. The summed E-state index contributed by atoms with van der Waals surface area (Å²) in [7, 11) is 5.45. The van der Waals surface area contributed by atoms with E-state index in [2.05, 4.69) is 19.3 Å². The first kappa shape index (κ1) is 43.6. The molecule has 0 saturated carbocycles. The van der Waals surface area contributed by atoms with Crippen molar-refractivity contribution >= 4 is 47.1 Å². The summed E-state index contributed by atoms with van der Waals surface area (Å²) < 4.78 is 19.6. The molecule has 0 aromatic heterocycles. The molecule has 2 fully saturated rings. The molecule has 4 rings (SSSR count). The van der Waals surface area contributed by atoms with Gasteiger partial charge in [-0.1, -0.05) is 50.2 Å². The van der Waals surface area contributed by atoms with E-state index in [4.69, 9.17) is 9.47 Å². The Morgan fingerprint density at radius 2 is 0.852 bits per heavy atom. The molecule has 2 aromatic rings. The minimum absolute atomic E-state index is 0.116. The Morgan fingerprint density at radius 3 is 1.11 bits per heavy atom. The van der Waals surface area contributed by atoms with E-state index in [9.17, 15) is 28.8 Å². The van der Waals surface area contributed by atoms with Gasteiger partial charge in [0, 0.05) is 63.5 Å². The van der Waals surface area contributed by atoms with Crippen molar-refractivity contribution in [2.24, 2.45) is 0 Å². The van der Waals surface area contributed by atoms with Crippen molar-refractivity contribution < 1.29 is 47.7 Å². The van der Waals surface area contributed by atoms with Gasteiger partial charge in [-0.25, -0.2) is 9.59 Å². The predicted octanol–water partition coefficient (Wildman–Crippen LogP) is 4.00. The van der Waals surface area contributed by atoms with Crippen molar-refractivity contribution in [2.45, 2.75) is 76.3 Å². The zero-order valence-corrected chi connectivity index (χ0v) is 32.5. The molecule has 54 heavy (non-hydrogen) atoms. The Labute approximate surface area is 318 Å². The van der Waals surface area contributed by atoms with Crippen LogP contribution in [0.3, 0.4) is 0 Å². The minimum atomic E-state index is -1.04. The number of carbonyl (C=O) groups excluding carboxylic acids is 6. The second-order valence-corrected chi connectivity index (χ2v) is 13.2. The maximum absolute atomic E-state index is 12.8. The molecule has 0 radical (unpaired) electrons. The summed E-state index contributed by atoms with van der Waals surface area (Å²) in [5.74, 6) is -1.55. The van der Waals surface area contributed by atoms with Gasteiger partial charge >= 0.3 is 23.9 Å². The zero-order chi connectivity index (χ0) is 39.7. The van der Waals surface area contributed by atoms with E-state index in [1.807, 2.05) is 60.7 Å². The summed E-state index contributed by atoms with van der Waals surface area (Å²) in [6, 6.07) is 18.5. The third kappa shape index (κ3) is 10.7. The lowest BCUT2D eigenvalue weighted by Gasteiger charge is -2.46. The maximum Gasteiger partial charge on any atom is 0.332 e. The van der Waals surface area contributed by atoms with Crippen molar-refractivity contribution in [3.05, 3.63) is 60.7 Å². The van der Waals surface area contributed by atoms with Crippen LogP contribution in [-0.2, 0) is 47.7 Å². The van der Waals surface area contributed by atoms with E-state index in [-0.39, 0.29) is 23.8 Å². The molecule has 2 aliphatic heterocycles. The van der Waals surface area contributed by atoms with E-state index >= 15 is 0 Å². The number of hydrogen-bond donors (Lipinski definition) is 0. The Balaban J connectivity index is 0.000000290. The predicted molar refractivity (Wildman–Crippen MR) is 203 cm³/mol. The van der Waals surface area contributed by atoms with Crippen LogP contribution >= 0.6 is 0 Å². The highest BCUT2D eigenvalue weighted by atomic mass is 16.5. The monoisotopic (exact) mass is 752 g/mol. The van der Waals surface area contributed by atoms with Crippen LogP contribution in [0.2, 0.25) is 0 Å². The molecule has 2 amide bonds. The lowest BCUT2D eigenvalue weighted by molar-refractivity contribution is -0.151. The smallest absolute Gasteiger partial charge is 0.332 e. The van der Waals surface area contributed by atoms with E-state index in [0.29, 0.717) is 102 Å². The van der Waals surface area contributed by atoms with E-state index < -0.39 is 23.0 Å². The molecule has 14 nitrogen and oxygen atoms in total. The number of anilines is 2. The lowest BCUT2D eigenvalue weighted by Crippen LogP contribution is -2.62. The highest BCUT2D eigenvalue weighted by molar-refractivity contribution is 6.03. The Bertz CT molecular complexity index is 1420. The molecule has 14 heteroatoms. The molecule has 2 aliphatic rings. The second kappa shape index (κ2) is 21.2. The number of benzene rings is 2. The zero-order valence-electron chi connectivity index (χ0n) is 32.5. The van der Waals surface area contributed by atoms with Crippen molar-refractivity contribution in [3.63, 3.8) is 0 Å². The Morgan fingerprint density at radius 1 is 0.537 bits per heavy atom. The van der Waals surface area contributed by atoms with Gasteiger partial charge in [0.2, 0.25) is 11.8 Å². The van der Waals surface area contributed by atoms with E-state index in [1.54, 1.807) is 23.6 Å². The average molecular weight is 753 g/mol. The van der Waals surface area contributed by atoms with Crippen LogP contribution in [0.15, 0.2) is 60.7 Å². The number of para-hydroxylation sites is 2. The van der Waals surface area contributed by atoms with Crippen LogP contribution in [-0.4, -0.2) is 124 Å². The molecule has 0 N–H and O–H groups in total. The van der Waals surface area contributed by atoms with Gasteiger partial charge in [-0.15, -0.1) is 0 Å². The number of nitrogens with zero attached hydrogens (tertiary/aromatic N) is 4. The van der Waals surface area contributed by atoms with Gasteiger partial charge in [-0.2, -0.15) is 0 Å². The molecular formula is C40H56N4O10. The molecule has 2 aromatic carbocycles. The van der Waals surface area contributed by atoms with Crippen LogP contribution in [0, 0.1) is 0 Å². The number of amides is 2. The van der Waals surface area contributed by atoms with Gasteiger partial charge in [-0.3, -0.25) is 29.0 Å². The van der Waals surface area contributed by atoms with Gasteiger partial charge in [0.1, 0.15) is 11.1 Å². The topological polar surface area (TPSA) is 152 Å². The van der Waals surface area contributed by atoms with Crippen LogP contribution in [0.25, 0.3) is 0 Å². The number of methoxy groups -OCH3 is 4. The first-order chi connectivity index (χ1) is 26.0. The van der Waals surface area contributed by atoms with Gasteiger partial charge in [0.15, 0.2) is 0 Å². The first-order valence-corrected chi connectivity index (χ1v) is 18.5. The molecule has 0 aliphatic carbocycles. The third-order valence-corrected chi connectivity index (χ3v) is 10.2. The summed E-state index contributed by atoms with van der Waals surface area (Å²) >= 11 is 0. The second-order valence-electron chi connectivity index (χ2n) is 13.2. The Hall–Kier alpha value is -4.82. The van der Waals surface area contributed by atoms with Crippen molar-refractivity contribution in [2.75, 3.05) is 77.5 Å². The van der Waals surface area contributed by atoms with E-state index in [1.165, 1.54) is 28.4 Å². The highest BCUT2D eigenvalue weighted by Gasteiger charge is 2.51. The summed E-state index contributed by atoms with van der Waals surface area (Å²) in [5, 5.41) is 0. The molecule has 0 atom stereocenters. The van der Waals surface area contributed by atoms with E-state index in [0.717, 1.165) is 0 Å². The van der Waals surface area contributed by atoms with Crippen LogP contribution in [0.4, 0.5) is 11.4 Å². The largest absolute Gasteiger partial charge is 0.469 e. The lowest BCUT2D eigenvalue weighted by atomic mass is 9.84. The van der Waals surface area contributed by atoms with Gasteiger partial charge in [0.25, 0.3) is 0 Å². The van der Waals surface area contributed by atoms with Gasteiger partial charge in [-0.05, 0) is 49.9 Å². The molecule has 296 valence electrons. The number of likely N-dealkylation sites (tertiary alicyclic amines) is 2. The van der Waals surface area contributed by atoms with Crippen LogP contribution in [0.5, 0.6) is 0 Å². The molecular weight excluding hydrogens is 696 g/mol. The molecule has 2 heterocycles. The fraction of sp³-hybridized carbons (Fsp3) is 0.550. The fourth-order valence-corrected chi connectivity index (χ4v) is 7.14. The molecule has 0 bridgehead atoms. The summed E-state index contributed by atoms with van der Waals surface area (Å²) in [6.07, 6.45) is 2.97. The van der Waals surface area contributed by atoms with Gasteiger partial charge in [0.05, 0.1) is 41.3 Å². The Kier molecular flexibility index (Phi) is 17.1. The average Bonchev–Trinajstić information content (AvgIpc) is 3.22. The van der Waals surface area contributed by atoms with Crippen LogP contribution < -0.4 is 9.80 Å².